The monoisotopic (exact) mass is 489 g/mol. The molecular weight excluding hydrogens is 469 g/mol. The number of halogens is 2. The molecule has 0 saturated carbocycles. The second kappa shape index (κ2) is 10.9. The van der Waals surface area contributed by atoms with Crippen molar-refractivity contribution in [2.24, 2.45) is 10.1 Å². The van der Waals surface area contributed by atoms with Crippen molar-refractivity contribution in [3.05, 3.63) is 58.1 Å². The van der Waals surface area contributed by atoms with Crippen LogP contribution in [0.3, 0.4) is 0 Å². The molecule has 0 fully saturated rings. The first kappa shape index (κ1) is 24.1. The van der Waals surface area contributed by atoms with E-state index in [0.29, 0.717) is 32.9 Å². The number of aliphatic hydroxyl groups is 1. The second-order valence-corrected chi connectivity index (χ2v) is 7.45. The number of nitrogens with one attached hydrogen (secondary N) is 1. The number of nitriles is 1. The lowest BCUT2D eigenvalue weighted by Crippen LogP contribution is -2.51. The van der Waals surface area contributed by atoms with Crippen LogP contribution in [0.25, 0.3) is 0 Å². The Kier molecular flexibility index (Phi) is 7.95. The standard InChI is InChI=1S/C21H21Cl2N7O3/c1-3-29(19(32)11-31)30-13-28(27-20(30)14-7-8-17(22)18(23)9-14)21(25-12-24)26-15-5-4-6-16(10-15)33-2/h4-10,31H,3,11,13H2,1-2H3,(H,25,26). The highest BCUT2D eigenvalue weighted by atomic mass is 35.5. The van der Waals surface area contributed by atoms with Gasteiger partial charge in [-0.15, -0.1) is 5.10 Å². The van der Waals surface area contributed by atoms with Crippen molar-refractivity contribution in [1.29, 1.82) is 5.26 Å². The summed E-state index contributed by atoms with van der Waals surface area (Å²) in [6.45, 7) is 1.38. The van der Waals surface area contributed by atoms with Crippen molar-refractivity contribution >= 4 is 46.6 Å². The van der Waals surface area contributed by atoms with Gasteiger partial charge in [0, 0.05) is 18.2 Å². The molecule has 2 aromatic rings. The van der Waals surface area contributed by atoms with Crippen molar-refractivity contribution in [3.63, 3.8) is 0 Å². The van der Waals surface area contributed by atoms with Gasteiger partial charge in [-0.25, -0.2) is 20.0 Å². The first-order valence-corrected chi connectivity index (χ1v) is 10.6. The number of hydrogen-bond donors (Lipinski definition) is 2. The van der Waals surface area contributed by atoms with Crippen LogP contribution in [0.15, 0.2) is 52.6 Å². The van der Waals surface area contributed by atoms with Crippen LogP contribution in [0.1, 0.15) is 12.5 Å². The molecule has 0 atom stereocenters. The van der Waals surface area contributed by atoms with Crippen molar-refractivity contribution < 1.29 is 14.6 Å². The highest BCUT2D eigenvalue weighted by molar-refractivity contribution is 6.42. The zero-order valence-corrected chi connectivity index (χ0v) is 19.4. The third kappa shape index (κ3) is 5.46. The lowest BCUT2D eigenvalue weighted by atomic mass is 10.2. The molecule has 3 rings (SSSR count). The van der Waals surface area contributed by atoms with Crippen LogP contribution < -0.4 is 10.1 Å². The molecular formula is C21H21Cl2N7O3. The van der Waals surface area contributed by atoms with E-state index in [1.165, 1.54) is 10.0 Å². The number of rotatable bonds is 6. The third-order valence-corrected chi connectivity index (χ3v) is 5.36. The van der Waals surface area contributed by atoms with E-state index in [0.717, 1.165) is 0 Å². The molecule has 10 nitrogen and oxygen atoms in total. The number of guanidine groups is 1. The molecule has 0 aliphatic carbocycles. The maximum atomic E-state index is 12.4. The van der Waals surface area contributed by atoms with Gasteiger partial charge in [-0.3, -0.25) is 10.1 Å². The van der Waals surface area contributed by atoms with Crippen LogP contribution in [-0.4, -0.2) is 64.8 Å². The van der Waals surface area contributed by atoms with E-state index in [4.69, 9.17) is 27.9 Å². The minimum Gasteiger partial charge on any atom is -0.497 e. The van der Waals surface area contributed by atoms with Gasteiger partial charge in [0.1, 0.15) is 19.0 Å². The summed E-state index contributed by atoms with van der Waals surface area (Å²) in [7, 11) is 1.54. The fourth-order valence-corrected chi connectivity index (χ4v) is 3.40. The van der Waals surface area contributed by atoms with E-state index in [1.807, 2.05) is 6.19 Å². The van der Waals surface area contributed by atoms with E-state index in [2.05, 4.69) is 15.4 Å². The average molecular weight is 490 g/mol. The van der Waals surface area contributed by atoms with Crippen molar-refractivity contribution in [3.8, 4) is 11.9 Å². The zero-order valence-electron chi connectivity index (χ0n) is 17.9. The Morgan fingerprint density at radius 2 is 2.12 bits per heavy atom. The van der Waals surface area contributed by atoms with Gasteiger partial charge in [-0.1, -0.05) is 29.3 Å². The average Bonchev–Trinajstić information content (AvgIpc) is 3.26. The molecule has 2 N–H and O–H groups in total. The number of carbonyl (C=O) groups is 1. The van der Waals surface area contributed by atoms with Gasteiger partial charge in [0.2, 0.25) is 5.96 Å². The molecule has 12 heteroatoms. The third-order valence-electron chi connectivity index (χ3n) is 4.62. The molecule has 1 amide bonds. The Labute approximate surface area is 200 Å². The molecule has 0 aromatic heterocycles. The van der Waals surface area contributed by atoms with Crippen LogP contribution in [-0.2, 0) is 4.79 Å². The topological polar surface area (TPSA) is 117 Å². The number of carbonyl (C=O) groups excluding carboxylic acids is 1. The summed E-state index contributed by atoms with van der Waals surface area (Å²) >= 11 is 12.3. The second-order valence-electron chi connectivity index (χ2n) is 6.63. The summed E-state index contributed by atoms with van der Waals surface area (Å²) in [5.41, 5.74) is 1.10. The van der Waals surface area contributed by atoms with Gasteiger partial charge >= 0.3 is 0 Å². The number of ether oxygens (including phenoxy) is 1. The summed E-state index contributed by atoms with van der Waals surface area (Å²) in [4.78, 5) is 16.9. The summed E-state index contributed by atoms with van der Waals surface area (Å²) in [5, 5.41) is 30.8. The van der Waals surface area contributed by atoms with Crippen molar-refractivity contribution in [1.82, 2.24) is 20.3 Å². The van der Waals surface area contributed by atoms with E-state index in [-0.39, 0.29) is 19.2 Å². The van der Waals surface area contributed by atoms with Crippen LogP contribution in [0.4, 0.5) is 5.69 Å². The van der Waals surface area contributed by atoms with Crippen molar-refractivity contribution in [2.75, 3.05) is 26.9 Å². The number of likely N-dealkylation sites (N-methyl/N-ethyl adjacent to an activating group) is 1. The molecule has 2 aromatic carbocycles. The number of aliphatic imine (C=N–C) groups is 1. The maximum absolute atomic E-state index is 12.4. The van der Waals surface area contributed by atoms with Gasteiger partial charge in [0.05, 0.1) is 22.8 Å². The van der Waals surface area contributed by atoms with Crippen LogP contribution in [0.2, 0.25) is 10.0 Å². The predicted octanol–water partition coefficient (Wildman–Crippen LogP) is 2.75. The van der Waals surface area contributed by atoms with E-state index in [1.54, 1.807) is 61.5 Å². The van der Waals surface area contributed by atoms with Gasteiger partial charge in [0.15, 0.2) is 12.0 Å². The Hall–Kier alpha value is -3.52. The van der Waals surface area contributed by atoms with Gasteiger partial charge in [-0.2, -0.15) is 5.26 Å². The number of methoxy groups -OCH3 is 1. The van der Waals surface area contributed by atoms with E-state index < -0.39 is 12.5 Å². The molecule has 0 saturated heterocycles. The fourth-order valence-electron chi connectivity index (χ4n) is 3.10. The Bertz CT molecular complexity index is 1130. The minimum absolute atomic E-state index is 0.0344. The first-order valence-electron chi connectivity index (χ1n) is 9.79. The summed E-state index contributed by atoms with van der Waals surface area (Å²) in [5.74, 6) is 0.557. The summed E-state index contributed by atoms with van der Waals surface area (Å²) < 4.78 is 5.22. The Morgan fingerprint density at radius 1 is 1.33 bits per heavy atom. The van der Waals surface area contributed by atoms with Crippen molar-refractivity contribution in [2.45, 2.75) is 6.92 Å². The number of hydrazine groups is 1. The molecule has 33 heavy (non-hydrogen) atoms. The number of amidine groups is 1. The summed E-state index contributed by atoms with van der Waals surface area (Å²) in [6, 6.07) is 11.9. The molecule has 1 aliphatic rings. The lowest BCUT2D eigenvalue weighted by molar-refractivity contribution is -0.145. The molecule has 172 valence electrons. The predicted molar refractivity (Wildman–Crippen MR) is 125 cm³/mol. The number of nitrogens with zero attached hydrogens (tertiary/aromatic N) is 6. The fraction of sp³-hybridized carbons (Fsp3) is 0.238. The SMILES string of the molecule is CCN(C(=O)CO)N1CN(C(=Nc2cccc(OC)c2)NC#N)N=C1c1ccc(Cl)c(Cl)c1. The smallest absolute Gasteiger partial charge is 0.266 e. The normalized spacial score (nSPS) is 13.5. The largest absolute Gasteiger partial charge is 0.497 e. The molecule has 0 unspecified atom stereocenters. The number of amides is 1. The van der Waals surface area contributed by atoms with Gasteiger partial charge in [-0.05, 0) is 37.3 Å². The number of hydrazone groups is 1. The maximum Gasteiger partial charge on any atom is 0.266 e. The minimum atomic E-state index is -0.680. The Balaban J connectivity index is 2.07. The number of benzene rings is 2. The van der Waals surface area contributed by atoms with Crippen LogP contribution in [0.5, 0.6) is 5.75 Å². The van der Waals surface area contributed by atoms with Gasteiger partial charge < -0.3 is 9.84 Å². The zero-order chi connectivity index (χ0) is 24.0. The molecule has 0 radical (unpaired) electrons. The molecule has 1 heterocycles. The molecule has 0 bridgehead atoms. The first-order chi connectivity index (χ1) is 15.9. The van der Waals surface area contributed by atoms with Crippen LogP contribution >= 0.6 is 23.2 Å². The Morgan fingerprint density at radius 3 is 2.76 bits per heavy atom. The van der Waals surface area contributed by atoms with Gasteiger partial charge in [0.25, 0.3) is 5.91 Å². The summed E-state index contributed by atoms with van der Waals surface area (Å²) in [6.07, 6.45) is 1.86. The lowest BCUT2D eigenvalue weighted by Gasteiger charge is -2.32. The van der Waals surface area contributed by atoms with E-state index >= 15 is 0 Å². The van der Waals surface area contributed by atoms with Crippen LogP contribution in [0, 0.1) is 11.5 Å². The highest BCUT2D eigenvalue weighted by Gasteiger charge is 2.33. The molecule has 1 aliphatic heterocycles. The quantitative estimate of drug-likeness (QED) is 0.277. The number of aliphatic hydroxyl groups excluding tert-OH is 1. The molecule has 0 spiro atoms. The van der Waals surface area contributed by atoms with E-state index in [9.17, 15) is 15.2 Å². The number of hydrogen-bond acceptors (Lipinski definition) is 7. The highest BCUT2D eigenvalue weighted by Crippen LogP contribution is 2.26.